The molecule has 0 heterocycles. The van der Waals surface area contributed by atoms with Crippen LogP contribution in [0.2, 0.25) is 0 Å². The molecule has 0 aromatic heterocycles. The van der Waals surface area contributed by atoms with E-state index in [-0.39, 0.29) is 38.0 Å². The van der Waals surface area contributed by atoms with Crippen LogP contribution < -0.4 is 16.4 Å². The number of aldehydes is 1. The van der Waals surface area contributed by atoms with Crippen LogP contribution in [-0.2, 0) is 34.5 Å². The fraction of sp³-hybridized carbons (Fsp3) is 0.786. The minimum atomic E-state index is -1.22. The normalized spacial score (nSPS) is 15.6. The average Bonchev–Trinajstić information content (AvgIpc) is 2.63. The Labute approximate surface area is 187 Å². The molecule has 1 radical (unpaired) electrons. The molecule has 0 bridgehead atoms. The quantitative estimate of drug-likeness (QED) is 0.0609. The molecule has 11 nitrogen and oxygen atoms in total. The summed E-state index contributed by atoms with van der Waals surface area (Å²) in [6, 6.07) is -2.22. The van der Waals surface area contributed by atoms with E-state index in [2.05, 4.69) is 35.9 Å². The molecule has 0 aromatic rings. The van der Waals surface area contributed by atoms with Crippen molar-refractivity contribution in [3.8, 4) is 0 Å². The van der Waals surface area contributed by atoms with Crippen molar-refractivity contribution >= 4 is 43.5 Å². The van der Waals surface area contributed by atoms with Crippen LogP contribution in [0.5, 0.6) is 0 Å². The summed E-state index contributed by atoms with van der Waals surface area (Å²) in [6.07, 6.45) is -1.92. The number of hydrogen-bond donors (Lipinski definition) is 10. The van der Waals surface area contributed by atoms with Crippen molar-refractivity contribution in [2.75, 3.05) is 31.2 Å². The van der Waals surface area contributed by atoms with Crippen LogP contribution in [0.3, 0.4) is 0 Å². The molecule has 0 spiro atoms. The Morgan fingerprint density at radius 2 is 1.36 bits per heavy atom. The van der Waals surface area contributed by atoms with E-state index in [1.807, 2.05) is 0 Å². The van der Waals surface area contributed by atoms with Gasteiger partial charge in [0.25, 0.3) is 0 Å². The minimum absolute atomic E-state index is 0. The summed E-state index contributed by atoms with van der Waals surface area (Å²) in [5.41, 5.74) is 5.15. The van der Waals surface area contributed by atoms with Crippen molar-refractivity contribution in [1.29, 1.82) is 0 Å². The maximum Gasteiger partial charge on any atom is 0.321 e. The van der Waals surface area contributed by atoms with Gasteiger partial charge in [-0.25, -0.2) is 0 Å². The first kappa shape index (κ1) is 32.4. The molecule has 0 aliphatic heterocycles. The number of aliphatic hydroxyl groups excluding tert-OH is 3. The van der Waals surface area contributed by atoms with Gasteiger partial charge < -0.3 is 46.7 Å². The van der Waals surface area contributed by atoms with Gasteiger partial charge in [-0.1, -0.05) is 0 Å². The first-order valence-electron chi connectivity index (χ1n) is 7.96. The number of nitrogens with two attached hydrogens (primary N) is 1. The summed E-state index contributed by atoms with van der Waals surface area (Å²) < 4.78 is 0. The fourth-order valence-electron chi connectivity index (χ4n) is 1.57. The molecular weight excluding hydrogens is 500 g/mol. The smallest absolute Gasteiger partial charge is 0.321 e. The number of carbonyl (C=O) groups excluding carboxylic acids is 1. The second-order valence-electron chi connectivity index (χ2n) is 5.41. The van der Waals surface area contributed by atoms with Gasteiger partial charge in [0.05, 0.1) is 18.8 Å². The van der Waals surface area contributed by atoms with Gasteiger partial charge in [-0.05, 0) is 6.42 Å². The van der Waals surface area contributed by atoms with Crippen molar-refractivity contribution in [2.24, 2.45) is 5.73 Å². The maximum atomic E-state index is 10.6. The molecule has 9 N–H and O–H groups in total. The molecule has 0 aromatic carbocycles. The van der Waals surface area contributed by atoms with Gasteiger partial charge in [-0.3, -0.25) is 9.59 Å². The topological polar surface area (TPSA) is 202 Å². The zero-order chi connectivity index (χ0) is 21.4. The Morgan fingerprint density at radius 1 is 0.964 bits per heavy atom. The Kier molecular flexibility index (Phi) is 23.1. The Balaban J connectivity index is -0.000000460. The maximum absolute atomic E-state index is 10.6. The minimum Gasteiger partial charge on any atom is -0.480 e. The third-order valence-electron chi connectivity index (χ3n) is 3.19. The molecule has 167 valence electrons. The number of nitrogens with one attached hydrogen (secondary N) is 2. The second-order valence-corrected chi connectivity index (χ2v) is 6.14. The van der Waals surface area contributed by atoms with Gasteiger partial charge in [-0.15, -0.1) is 0 Å². The Hall–Kier alpha value is -0.281. The van der Waals surface area contributed by atoms with E-state index in [0.29, 0.717) is 19.4 Å². The van der Waals surface area contributed by atoms with E-state index in [0.717, 1.165) is 0 Å². The number of carbonyl (C=O) groups is 3. The summed E-state index contributed by atoms with van der Waals surface area (Å²) in [4.78, 5) is 31.1. The number of rotatable bonds is 14. The monoisotopic (exact) mass is 528 g/mol. The first-order chi connectivity index (χ1) is 12.6. The molecule has 0 unspecified atom stereocenters. The van der Waals surface area contributed by atoms with Gasteiger partial charge in [0, 0.05) is 44.7 Å². The van der Waals surface area contributed by atoms with Gasteiger partial charge in [0.2, 0.25) is 0 Å². The largest absolute Gasteiger partial charge is 0.480 e. The predicted octanol–water partition coefficient (Wildman–Crippen LogP) is -3.45. The zero-order valence-corrected chi connectivity index (χ0v) is 18.7. The number of aliphatic hydroxyl groups is 3. The van der Waals surface area contributed by atoms with Crippen molar-refractivity contribution in [3.05, 3.63) is 0 Å². The van der Waals surface area contributed by atoms with Crippen LogP contribution in [0.15, 0.2) is 0 Å². The van der Waals surface area contributed by atoms with Crippen LogP contribution in [-0.4, -0.2) is 105 Å². The molecule has 0 fully saturated rings. The number of carboxylic acid groups (broad SMARTS) is 2. The number of hydrogen-bond acceptors (Lipinski definition) is 11. The van der Waals surface area contributed by atoms with Gasteiger partial charge in [-0.2, -0.15) is 25.3 Å². The molecule has 0 rings (SSSR count). The van der Waals surface area contributed by atoms with E-state index in [1.165, 1.54) is 0 Å². The van der Waals surface area contributed by atoms with Crippen LogP contribution in [0.4, 0.5) is 0 Å². The second kappa shape index (κ2) is 20.0. The summed E-state index contributed by atoms with van der Waals surface area (Å²) in [6.45, 7) is 0.177. The fourth-order valence-corrected chi connectivity index (χ4v) is 2.14. The molecule has 28 heavy (non-hydrogen) atoms. The Morgan fingerprint density at radius 3 is 1.61 bits per heavy atom. The number of thiol groups is 2. The summed E-state index contributed by atoms with van der Waals surface area (Å²) in [7, 11) is 0. The summed E-state index contributed by atoms with van der Waals surface area (Å²) >= 11 is 7.76. The zero-order valence-electron chi connectivity index (χ0n) is 15.0. The Bertz CT molecular complexity index is 415. The third kappa shape index (κ3) is 16.7. The van der Waals surface area contributed by atoms with E-state index < -0.39 is 48.9 Å². The van der Waals surface area contributed by atoms with Crippen LogP contribution in [0, 0.1) is 0 Å². The third-order valence-corrected chi connectivity index (χ3v) is 3.92. The molecule has 0 saturated heterocycles. The average molecular weight is 530 g/mol. The number of carboxylic acids is 2. The van der Waals surface area contributed by atoms with Gasteiger partial charge in [0.1, 0.15) is 24.5 Å². The van der Waals surface area contributed by atoms with Crippen molar-refractivity contribution in [1.82, 2.24) is 10.6 Å². The van der Waals surface area contributed by atoms with E-state index >= 15 is 0 Å². The molecule has 0 aliphatic carbocycles. The van der Waals surface area contributed by atoms with E-state index in [1.54, 1.807) is 0 Å². The van der Waals surface area contributed by atoms with Crippen molar-refractivity contribution in [3.63, 3.8) is 0 Å². The molecule has 5 atom stereocenters. The van der Waals surface area contributed by atoms with Crippen molar-refractivity contribution < 1.29 is 60.0 Å². The SMILES string of the molecule is N[C@@H](C=O)C[C@H](O)[C@H](O)CO.O=C(O)[C@H](CS)NCCN[C@@H](CS)C(=O)O.[Tc]. The number of aliphatic carboxylic acids is 2. The molecule has 0 aliphatic rings. The standard InChI is InChI=1S/C8H16N2O4S2.C6H13NO4.Tc/c11-7(12)5(3-15)9-1-2-10-6(4-16)8(13)14;7-4(2-8)1-5(10)6(11)3-9;/h5-6,9-10,15-16H,1-4H2,(H,11,12)(H,13,14);2,4-6,9-11H,1,3,7H2;/t5-,6-;4-,5+,6-;/m01./s1. The van der Waals surface area contributed by atoms with E-state index in [9.17, 15) is 14.4 Å². The van der Waals surface area contributed by atoms with Gasteiger partial charge in [0.15, 0.2) is 0 Å². The molecule has 0 saturated carbocycles. The van der Waals surface area contributed by atoms with E-state index in [4.69, 9.17) is 31.3 Å². The summed E-state index contributed by atoms with van der Waals surface area (Å²) in [5.74, 6) is -1.58. The first-order valence-corrected chi connectivity index (χ1v) is 9.22. The van der Waals surface area contributed by atoms with Crippen molar-refractivity contribution in [2.45, 2.75) is 36.8 Å². The van der Waals surface area contributed by atoms with Crippen LogP contribution >= 0.6 is 25.3 Å². The van der Waals surface area contributed by atoms with Crippen LogP contribution in [0.25, 0.3) is 0 Å². The summed E-state index contributed by atoms with van der Waals surface area (Å²) in [5, 5.41) is 48.9. The molecular formula is C14H29N3O8S2Tc. The predicted molar refractivity (Wildman–Crippen MR) is 104 cm³/mol. The molecule has 14 heteroatoms. The molecule has 0 amide bonds. The van der Waals surface area contributed by atoms with Gasteiger partial charge >= 0.3 is 11.9 Å². The van der Waals surface area contributed by atoms with Crippen LogP contribution in [0.1, 0.15) is 6.42 Å².